The van der Waals surface area contributed by atoms with Gasteiger partial charge in [-0.05, 0) is 92.5 Å². The van der Waals surface area contributed by atoms with Crippen LogP contribution < -0.4 is 21.1 Å². The predicted octanol–water partition coefficient (Wildman–Crippen LogP) is 4.31. The molecule has 0 aliphatic heterocycles. The molecule has 3 aromatic carbocycles. The average Bonchev–Trinajstić information content (AvgIpc) is 2.88. The van der Waals surface area contributed by atoms with Gasteiger partial charge in [-0.15, -0.1) is 0 Å². The quantitative estimate of drug-likeness (QED) is 0.322. The van der Waals surface area contributed by atoms with E-state index in [9.17, 15) is 9.59 Å². The van der Waals surface area contributed by atoms with Crippen LogP contribution in [0, 0.1) is 20.8 Å². The van der Waals surface area contributed by atoms with E-state index >= 15 is 0 Å². The molecular formula is C31H39N3O3. The molecule has 3 rings (SSSR count). The fourth-order valence-corrected chi connectivity index (χ4v) is 4.29. The van der Waals surface area contributed by atoms with E-state index in [4.69, 9.17) is 10.5 Å². The first-order valence-corrected chi connectivity index (χ1v) is 12.9. The second-order valence-electron chi connectivity index (χ2n) is 9.67. The van der Waals surface area contributed by atoms with Gasteiger partial charge in [0.2, 0.25) is 11.8 Å². The third kappa shape index (κ3) is 8.46. The van der Waals surface area contributed by atoms with Gasteiger partial charge in [-0.1, -0.05) is 54.6 Å². The summed E-state index contributed by atoms with van der Waals surface area (Å²) in [7, 11) is 0. The Bertz CT molecular complexity index is 1170. The molecule has 0 radical (unpaired) electrons. The maximum absolute atomic E-state index is 12.7. The fourth-order valence-electron chi connectivity index (χ4n) is 4.29. The molecule has 2 amide bonds. The van der Waals surface area contributed by atoms with E-state index in [-0.39, 0.29) is 11.8 Å². The van der Waals surface area contributed by atoms with Gasteiger partial charge in [-0.3, -0.25) is 9.59 Å². The van der Waals surface area contributed by atoms with Gasteiger partial charge >= 0.3 is 0 Å². The maximum Gasteiger partial charge on any atom is 0.242 e. The van der Waals surface area contributed by atoms with Gasteiger partial charge < -0.3 is 21.1 Å². The number of carbonyl (C=O) groups is 2. The summed E-state index contributed by atoms with van der Waals surface area (Å²) in [6.07, 6.45) is 2.10. The van der Waals surface area contributed by atoms with E-state index in [0.29, 0.717) is 19.6 Å². The SMILES string of the molecule is Cc1ccccc1COc1cc(C)c(C[C@H](N)C(=O)N[C@H](C)C(=O)NCCCc2ccccc2)c(C)c1. The molecule has 0 fully saturated rings. The summed E-state index contributed by atoms with van der Waals surface area (Å²) >= 11 is 0. The largest absolute Gasteiger partial charge is 0.489 e. The molecule has 2 atom stereocenters. The minimum atomic E-state index is -0.760. The van der Waals surface area contributed by atoms with Crippen molar-refractivity contribution in [3.63, 3.8) is 0 Å². The molecule has 4 N–H and O–H groups in total. The van der Waals surface area contributed by atoms with E-state index in [2.05, 4.69) is 41.8 Å². The second kappa shape index (κ2) is 13.6. The molecule has 0 unspecified atom stereocenters. The number of hydrogen-bond acceptors (Lipinski definition) is 4. The van der Waals surface area contributed by atoms with Crippen LogP contribution in [0.25, 0.3) is 0 Å². The Hall–Kier alpha value is -3.64. The maximum atomic E-state index is 12.7. The van der Waals surface area contributed by atoms with E-state index in [1.165, 1.54) is 11.1 Å². The van der Waals surface area contributed by atoms with Crippen LogP contribution in [0.2, 0.25) is 0 Å². The molecule has 6 nitrogen and oxygen atoms in total. The lowest BCUT2D eigenvalue weighted by molar-refractivity contribution is -0.129. The Morgan fingerprint density at radius 3 is 2.22 bits per heavy atom. The summed E-state index contributed by atoms with van der Waals surface area (Å²) in [4.78, 5) is 25.1. The zero-order chi connectivity index (χ0) is 26.8. The Balaban J connectivity index is 1.47. The van der Waals surface area contributed by atoms with Gasteiger partial charge in [0, 0.05) is 6.54 Å². The average molecular weight is 502 g/mol. The number of hydrogen-bond donors (Lipinski definition) is 3. The van der Waals surface area contributed by atoms with Crippen LogP contribution in [0.4, 0.5) is 0 Å². The molecule has 196 valence electrons. The van der Waals surface area contributed by atoms with Crippen molar-refractivity contribution in [2.24, 2.45) is 5.73 Å². The molecule has 0 bridgehead atoms. The molecule has 37 heavy (non-hydrogen) atoms. The Kier molecular flexibility index (Phi) is 10.3. The smallest absolute Gasteiger partial charge is 0.242 e. The van der Waals surface area contributed by atoms with Gasteiger partial charge in [0.1, 0.15) is 18.4 Å². The molecule has 0 aromatic heterocycles. The highest BCUT2D eigenvalue weighted by molar-refractivity contribution is 5.89. The molecule has 0 aliphatic rings. The predicted molar refractivity (Wildman–Crippen MR) is 148 cm³/mol. The van der Waals surface area contributed by atoms with Gasteiger partial charge in [0.15, 0.2) is 0 Å². The fraction of sp³-hybridized carbons (Fsp3) is 0.355. The number of rotatable bonds is 12. The van der Waals surface area contributed by atoms with Crippen LogP contribution in [0.1, 0.15) is 46.7 Å². The number of aryl methyl sites for hydroxylation is 4. The molecule has 0 spiro atoms. The highest BCUT2D eigenvalue weighted by atomic mass is 16.5. The summed E-state index contributed by atoms with van der Waals surface area (Å²) in [5.41, 5.74) is 12.9. The summed E-state index contributed by atoms with van der Waals surface area (Å²) in [5.74, 6) is 0.235. The summed E-state index contributed by atoms with van der Waals surface area (Å²) in [5, 5.41) is 5.64. The van der Waals surface area contributed by atoms with Crippen molar-refractivity contribution in [1.82, 2.24) is 10.6 Å². The lowest BCUT2D eigenvalue weighted by Gasteiger charge is -2.20. The molecular weight excluding hydrogens is 462 g/mol. The number of benzene rings is 3. The monoisotopic (exact) mass is 501 g/mol. The normalized spacial score (nSPS) is 12.5. The number of amides is 2. The summed E-state index contributed by atoms with van der Waals surface area (Å²) in [6.45, 7) is 8.80. The van der Waals surface area contributed by atoms with Crippen LogP contribution in [-0.4, -0.2) is 30.4 Å². The third-order valence-electron chi connectivity index (χ3n) is 6.62. The first-order chi connectivity index (χ1) is 17.7. The molecule has 6 heteroatoms. The molecule has 0 heterocycles. The van der Waals surface area contributed by atoms with Gasteiger partial charge in [-0.2, -0.15) is 0 Å². The third-order valence-corrected chi connectivity index (χ3v) is 6.62. The minimum Gasteiger partial charge on any atom is -0.489 e. The van der Waals surface area contributed by atoms with Crippen LogP contribution in [0.5, 0.6) is 5.75 Å². The van der Waals surface area contributed by atoms with Crippen LogP contribution >= 0.6 is 0 Å². The van der Waals surface area contributed by atoms with Gasteiger partial charge in [0.25, 0.3) is 0 Å². The van der Waals surface area contributed by atoms with Crippen molar-refractivity contribution in [3.05, 3.63) is 100 Å². The molecule has 0 aliphatic carbocycles. The van der Waals surface area contributed by atoms with E-state index in [1.54, 1.807) is 6.92 Å². The summed E-state index contributed by atoms with van der Waals surface area (Å²) in [6, 6.07) is 20.8. The number of nitrogens with one attached hydrogen (secondary N) is 2. The van der Waals surface area contributed by atoms with Crippen molar-refractivity contribution in [2.75, 3.05) is 6.54 Å². The second-order valence-corrected chi connectivity index (χ2v) is 9.67. The van der Waals surface area contributed by atoms with E-state index < -0.39 is 12.1 Å². The van der Waals surface area contributed by atoms with Gasteiger partial charge in [-0.25, -0.2) is 0 Å². The Morgan fingerprint density at radius 2 is 1.54 bits per heavy atom. The van der Waals surface area contributed by atoms with E-state index in [1.807, 2.05) is 56.3 Å². The van der Waals surface area contributed by atoms with Crippen molar-refractivity contribution in [2.45, 2.75) is 65.6 Å². The zero-order valence-electron chi connectivity index (χ0n) is 22.3. The zero-order valence-corrected chi connectivity index (χ0v) is 22.3. The van der Waals surface area contributed by atoms with E-state index in [0.717, 1.165) is 40.8 Å². The molecule has 0 saturated heterocycles. The van der Waals surface area contributed by atoms with Crippen molar-refractivity contribution in [1.29, 1.82) is 0 Å². The standard InChI is InChI=1S/C31H39N3O3/c1-21-11-8-9-15-26(21)20-37-27-17-22(2)28(23(3)18-27)19-29(32)31(36)34-24(4)30(35)33-16-10-14-25-12-6-5-7-13-25/h5-9,11-13,15,17-18,24,29H,10,14,16,19-20,32H2,1-4H3,(H,33,35)(H,34,36)/t24-,29+/m1/s1. The minimum absolute atomic E-state index is 0.212. The van der Waals surface area contributed by atoms with Gasteiger partial charge in [0.05, 0.1) is 6.04 Å². The highest BCUT2D eigenvalue weighted by Crippen LogP contribution is 2.24. The summed E-state index contributed by atoms with van der Waals surface area (Å²) < 4.78 is 6.03. The first-order valence-electron chi connectivity index (χ1n) is 12.9. The van der Waals surface area contributed by atoms with Crippen LogP contribution in [-0.2, 0) is 29.0 Å². The number of carbonyl (C=O) groups excluding carboxylic acids is 2. The molecule has 3 aromatic rings. The molecule has 0 saturated carbocycles. The van der Waals surface area contributed by atoms with Crippen molar-refractivity contribution < 1.29 is 14.3 Å². The van der Waals surface area contributed by atoms with Crippen LogP contribution in [0.3, 0.4) is 0 Å². The number of ether oxygens (including phenoxy) is 1. The van der Waals surface area contributed by atoms with Crippen molar-refractivity contribution in [3.8, 4) is 5.75 Å². The lowest BCUT2D eigenvalue weighted by atomic mass is 9.96. The number of nitrogens with two attached hydrogens (primary N) is 1. The Morgan fingerprint density at radius 1 is 0.892 bits per heavy atom. The Labute approximate surface area is 220 Å². The van der Waals surface area contributed by atoms with Crippen LogP contribution in [0.15, 0.2) is 66.7 Å². The highest BCUT2D eigenvalue weighted by Gasteiger charge is 2.21. The lowest BCUT2D eigenvalue weighted by Crippen LogP contribution is -2.51. The topological polar surface area (TPSA) is 93.4 Å². The first kappa shape index (κ1) is 27.9. The van der Waals surface area contributed by atoms with Crippen molar-refractivity contribution >= 4 is 11.8 Å².